The number of allylic oxidation sites excluding steroid dienone is 1. The highest BCUT2D eigenvalue weighted by Gasteiger charge is 2.44. The van der Waals surface area contributed by atoms with Crippen molar-refractivity contribution in [2.75, 3.05) is 10.2 Å². The summed E-state index contributed by atoms with van der Waals surface area (Å²) in [6, 6.07) is 23.0. The van der Waals surface area contributed by atoms with E-state index >= 15 is 4.39 Å². The first-order chi connectivity index (χ1) is 20.6. The maximum absolute atomic E-state index is 15.7. The number of phenolic OH excluding ortho intramolecular Hbond substituents is 1. The summed E-state index contributed by atoms with van der Waals surface area (Å²) in [5.74, 6) is -1.28. The first-order valence-corrected chi connectivity index (χ1v) is 14.2. The van der Waals surface area contributed by atoms with Gasteiger partial charge in [0, 0.05) is 23.4 Å². The Balaban J connectivity index is 1.52. The SMILES string of the molecule is Cc1cccc(C(=O)N2c3cccc(O)c3NC3=C(C(=O)CC(C)(C)C3)C2c2ccc(OCc3ccccc3)c(F)c2)n1. The molecule has 0 spiro atoms. The molecule has 2 aliphatic rings. The van der Waals surface area contributed by atoms with Gasteiger partial charge >= 0.3 is 0 Å². The standard InChI is InChI=1S/C35H32FN3O4/c1-21-9-7-12-25(37-21)34(42)39-27-13-8-14-28(40)32(27)38-26-18-35(2,3)19-29(41)31(26)33(39)23-15-16-30(24(36)17-23)43-20-22-10-5-4-6-11-22/h4-17,33,38,40H,18-20H2,1-3H3. The number of aromatic nitrogens is 1. The number of aryl methyl sites for hydroxylation is 1. The fraction of sp³-hybridized carbons (Fsp3) is 0.229. The van der Waals surface area contributed by atoms with Gasteiger partial charge in [0.1, 0.15) is 23.7 Å². The molecule has 6 rings (SSSR count). The predicted octanol–water partition coefficient (Wildman–Crippen LogP) is 7.27. The van der Waals surface area contributed by atoms with Crippen LogP contribution in [0, 0.1) is 18.2 Å². The quantitative estimate of drug-likeness (QED) is 0.243. The number of ether oxygens (including phenoxy) is 1. The second-order valence-electron chi connectivity index (χ2n) is 11.8. The number of halogens is 1. The molecule has 8 heteroatoms. The van der Waals surface area contributed by atoms with Crippen LogP contribution in [0.5, 0.6) is 11.5 Å². The summed E-state index contributed by atoms with van der Waals surface area (Å²) < 4.78 is 21.5. The Hall–Kier alpha value is -4.98. The van der Waals surface area contributed by atoms with Gasteiger partial charge in [-0.1, -0.05) is 62.4 Å². The van der Waals surface area contributed by atoms with Crippen molar-refractivity contribution in [3.8, 4) is 11.5 Å². The third kappa shape index (κ3) is 5.48. The van der Waals surface area contributed by atoms with E-state index in [-0.39, 0.29) is 41.4 Å². The van der Waals surface area contributed by atoms with E-state index in [0.29, 0.717) is 40.3 Å². The van der Waals surface area contributed by atoms with Crippen molar-refractivity contribution < 1.29 is 23.8 Å². The molecule has 218 valence electrons. The summed E-state index contributed by atoms with van der Waals surface area (Å²) in [5.41, 5.74) is 3.32. The number of phenols is 1. The van der Waals surface area contributed by atoms with Crippen molar-refractivity contribution in [3.63, 3.8) is 0 Å². The fourth-order valence-corrected chi connectivity index (χ4v) is 5.91. The zero-order valence-corrected chi connectivity index (χ0v) is 24.2. The number of nitrogens with one attached hydrogen (secondary N) is 1. The Bertz CT molecular complexity index is 1770. The first-order valence-electron chi connectivity index (χ1n) is 14.2. The predicted molar refractivity (Wildman–Crippen MR) is 162 cm³/mol. The minimum absolute atomic E-state index is 0.0564. The number of carbonyl (C=O) groups is 2. The number of anilines is 2. The van der Waals surface area contributed by atoms with Crippen LogP contribution < -0.4 is 15.0 Å². The highest BCUT2D eigenvalue weighted by Crippen LogP contribution is 2.50. The van der Waals surface area contributed by atoms with Crippen LogP contribution >= 0.6 is 0 Å². The van der Waals surface area contributed by atoms with Crippen LogP contribution in [0.4, 0.5) is 15.8 Å². The Kier molecular flexibility index (Phi) is 7.22. The molecule has 0 fully saturated rings. The lowest BCUT2D eigenvalue weighted by Gasteiger charge is -2.37. The summed E-state index contributed by atoms with van der Waals surface area (Å²) in [4.78, 5) is 34.2. The van der Waals surface area contributed by atoms with Gasteiger partial charge in [-0.05, 0) is 66.3 Å². The number of benzene rings is 3. The molecule has 2 N–H and O–H groups in total. The lowest BCUT2D eigenvalue weighted by molar-refractivity contribution is -0.118. The summed E-state index contributed by atoms with van der Waals surface area (Å²) in [6.45, 7) is 5.97. The number of fused-ring (bicyclic) bond motifs is 1. The average Bonchev–Trinajstić information content (AvgIpc) is 3.11. The summed E-state index contributed by atoms with van der Waals surface area (Å²) in [6.07, 6.45) is 0.738. The third-order valence-electron chi connectivity index (χ3n) is 7.84. The number of rotatable bonds is 5. The van der Waals surface area contributed by atoms with E-state index < -0.39 is 17.8 Å². The molecule has 3 aromatic carbocycles. The highest BCUT2D eigenvalue weighted by molar-refractivity contribution is 6.11. The van der Waals surface area contributed by atoms with Crippen LogP contribution in [0.3, 0.4) is 0 Å². The molecule has 1 aliphatic heterocycles. The monoisotopic (exact) mass is 577 g/mol. The number of ketones is 1. The number of hydrogen-bond acceptors (Lipinski definition) is 6. The molecular weight excluding hydrogens is 545 g/mol. The molecule has 0 saturated carbocycles. The van der Waals surface area contributed by atoms with E-state index in [0.717, 1.165) is 5.56 Å². The maximum atomic E-state index is 15.7. The van der Waals surface area contributed by atoms with Crippen LogP contribution in [-0.2, 0) is 11.4 Å². The second-order valence-corrected chi connectivity index (χ2v) is 11.8. The number of aromatic hydroxyl groups is 1. The van der Waals surface area contributed by atoms with Gasteiger partial charge in [-0.25, -0.2) is 9.37 Å². The lowest BCUT2D eigenvalue weighted by atomic mass is 9.73. The first kappa shape index (κ1) is 28.2. The highest BCUT2D eigenvalue weighted by atomic mass is 19.1. The normalized spacial score (nSPS) is 17.4. The number of hydrogen-bond donors (Lipinski definition) is 2. The molecule has 1 unspecified atom stereocenters. The Morgan fingerprint density at radius 1 is 1.05 bits per heavy atom. The van der Waals surface area contributed by atoms with Crippen molar-refractivity contribution >= 4 is 23.1 Å². The summed E-state index contributed by atoms with van der Waals surface area (Å²) in [5, 5.41) is 14.3. The van der Waals surface area contributed by atoms with Gasteiger partial charge in [-0.15, -0.1) is 0 Å². The molecule has 0 radical (unpaired) electrons. The minimum atomic E-state index is -0.998. The molecule has 1 amide bonds. The van der Waals surface area contributed by atoms with Crippen LogP contribution in [0.15, 0.2) is 96.2 Å². The van der Waals surface area contributed by atoms with Gasteiger partial charge in [0.2, 0.25) is 0 Å². The van der Waals surface area contributed by atoms with Crippen molar-refractivity contribution in [1.29, 1.82) is 0 Å². The molecule has 1 aliphatic carbocycles. The van der Waals surface area contributed by atoms with Crippen molar-refractivity contribution in [3.05, 3.63) is 125 Å². The van der Waals surface area contributed by atoms with Crippen LogP contribution in [-0.4, -0.2) is 21.8 Å². The molecule has 0 bridgehead atoms. The van der Waals surface area contributed by atoms with Gasteiger partial charge in [0.05, 0.1) is 11.7 Å². The second kappa shape index (κ2) is 11.0. The molecule has 1 aromatic heterocycles. The molecule has 2 heterocycles. The maximum Gasteiger partial charge on any atom is 0.277 e. The Morgan fingerprint density at radius 3 is 2.56 bits per heavy atom. The molecule has 0 saturated heterocycles. The number of pyridine rings is 1. The fourth-order valence-electron chi connectivity index (χ4n) is 5.91. The summed E-state index contributed by atoms with van der Waals surface area (Å²) >= 11 is 0. The van der Waals surface area contributed by atoms with E-state index in [4.69, 9.17) is 4.74 Å². The van der Waals surface area contributed by atoms with Gasteiger partial charge < -0.3 is 15.2 Å². The van der Waals surface area contributed by atoms with Crippen LogP contribution in [0.1, 0.15) is 60.0 Å². The van der Waals surface area contributed by atoms with Crippen molar-refractivity contribution in [2.24, 2.45) is 5.41 Å². The molecule has 7 nitrogen and oxygen atoms in total. The smallest absolute Gasteiger partial charge is 0.277 e. The number of nitrogens with zero attached hydrogens (tertiary/aromatic N) is 2. The molecule has 1 atom stereocenters. The summed E-state index contributed by atoms with van der Waals surface area (Å²) in [7, 11) is 0. The van der Waals surface area contributed by atoms with Crippen LogP contribution in [0.25, 0.3) is 0 Å². The lowest BCUT2D eigenvalue weighted by Crippen LogP contribution is -2.40. The largest absolute Gasteiger partial charge is 0.506 e. The van der Waals surface area contributed by atoms with E-state index in [1.165, 1.54) is 23.1 Å². The van der Waals surface area contributed by atoms with Gasteiger partial charge in [-0.3, -0.25) is 14.5 Å². The van der Waals surface area contributed by atoms with Gasteiger partial charge in [0.25, 0.3) is 5.91 Å². The Morgan fingerprint density at radius 2 is 1.81 bits per heavy atom. The van der Waals surface area contributed by atoms with Crippen molar-refractivity contribution in [2.45, 2.75) is 46.3 Å². The third-order valence-corrected chi connectivity index (χ3v) is 7.84. The number of Topliss-reactive ketones (excluding diaryl/α,β-unsaturated/α-hetero) is 1. The van der Waals surface area contributed by atoms with Crippen LogP contribution in [0.2, 0.25) is 0 Å². The molecule has 43 heavy (non-hydrogen) atoms. The number of carbonyl (C=O) groups excluding carboxylic acids is 2. The average molecular weight is 578 g/mol. The van der Waals surface area contributed by atoms with E-state index in [1.54, 1.807) is 43.3 Å². The van der Waals surface area contributed by atoms with Gasteiger partial charge in [-0.2, -0.15) is 0 Å². The van der Waals surface area contributed by atoms with Gasteiger partial charge in [0.15, 0.2) is 17.3 Å². The topological polar surface area (TPSA) is 91.8 Å². The van der Waals surface area contributed by atoms with E-state index in [2.05, 4.69) is 10.3 Å². The Labute approximate surface area is 249 Å². The van der Waals surface area contributed by atoms with E-state index in [1.807, 2.05) is 44.2 Å². The van der Waals surface area contributed by atoms with E-state index in [9.17, 15) is 14.7 Å². The zero-order valence-electron chi connectivity index (χ0n) is 24.2. The number of amides is 1. The zero-order chi connectivity index (χ0) is 30.3. The number of para-hydroxylation sites is 1. The molecule has 4 aromatic rings. The minimum Gasteiger partial charge on any atom is -0.506 e. The van der Waals surface area contributed by atoms with Crippen molar-refractivity contribution in [1.82, 2.24) is 4.98 Å². The molecular formula is C35H32FN3O4.